The van der Waals surface area contributed by atoms with E-state index in [2.05, 4.69) is 0 Å². The van der Waals surface area contributed by atoms with Crippen molar-refractivity contribution in [2.24, 2.45) is 0 Å². The maximum Gasteiger partial charge on any atom is 0.276 e. The summed E-state index contributed by atoms with van der Waals surface area (Å²) in [5, 5.41) is 20.3. The maximum absolute atomic E-state index is 10.9. The van der Waals surface area contributed by atoms with Crippen molar-refractivity contribution >= 4 is 17.3 Å². The maximum atomic E-state index is 10.9. The van der Waals surface area contributed by atoms with E-state index in [9.17, 15) is 10.1 Å². The van der Waals surface area contributed by atoms with Gasteiger partial charge in [-0.3, -0.25) is 10.1 Å². The smallest absolute Gasteiger partial charge is 0.276 e. The van der Waals surface area contributed by atoms with E-state index < -0.39 is 4.92 Å². The van der Waals surface area contributed by atoms with Gasteiger partial charge < -0.3 is 4.74 Å². The van der Waals surface area contributed by atoms with Crippen LogP contribution in [0.25, 0.3) is 0 Å². The first kappa shape index (κ1) is 13.8. The first-order chi connectivity index (χ1) is 9.52. The largest absolute Gasteiger partial charge is 0.455 e. The van der Waals surface area contributed by atoms with Crippen LogP contribution in [0.1, 0.15) is 11.1 Å². The first-order valence-corrected chi connectivity index (χ1v) is 6.02. The van der Waals surface area contributed by atoms with E-state index in [1.165, 1.54) is 24.3 Å². The molecule has 0 saturated heterocycles. The monoisotopic (exact) mass is 288 g/mol. The number of nitro benzene ring substituents is 1. The molecule has 0 unspecified atom stereocenters. The molecule has 20 heavy (non-hydrogen) atoms. The highest BCUT2D eigenvalue weighted by Gasteiger charge is 2.15. The van der Waals surface area contributed by atoms with Crippen molar-refractivity contribution in [2.45, 2.75) is 6.92 Å². The fraction of sp³-hybridized carbons (Fsp3) is 0.0714. The molecule has 2 aromatic rings. The highest BCUT2D eigenvalue weighted by molar-refractivity contribution is 6.30. The Hall–Kier alpha value is -2.58. The van der Waals surface area contributed by atoms with E-state index in [4.69, 9.17) is 21.6 Å². The minimum Gasteiger partial charge on any atom is -0.455 e. The van der Waals surface area contributed by atoms with Crippen molar-refractivity contribution in [3.63, 3.8) is 0 Å². The molecule has 0 spiro atoms. The van der Waals surface area contributed by atoms with E-state index in [0.717, 1.165) is 0 Å². The van der Waals surface area contributed by atoms with Gasteiger partial charge in [-0.25, -0.2) is 0 Å². The van der Waals surface area contributed by atoms with Gasteiger partial charge in [0.15, 0.2) is 0 Å². The topological polar surface area (TPSA) is 76.2 Å². The Kier molecular flexibility index (Phi) is 3.87. The van der Waals surface area contributed by atoms with Crippen LogP contribution in [0, 0.1) is 28.4 Å². The van der Waals surface area contributed by atoms with Gasteiger partial charge in [0.1, 0.15) is 17.6 Å². The van der Waals surface area contributed by atoms with Gasteiger partial charge in [0.05, 0.1) is 16.1 Å². The molecule has 0 bridgehead atoms. The van der Waals surface area contributed by atoms with Gasteiger partial charge in [0.2, 0.25) is 0 Å². The minimum atomic E-state index is -0.481. The number of ether oxygens (including phenoxy) is 1. The van der Waals surface area contributed by atoms with Gasteiger partial charge >= 0.3 is 0 Å². The summed E-state index contributed by atoms with van der Waals surface area (Å²) in [7, 11) is 0. The zero-order valence-corrected chi connectivity index (χ0v) is 11.2. The Morgan fingerprint density at radius 1 is 1.30 bits per heavy atom. The summed E-state index contributed by atoms with van der Waals surface area (Å²) >= 11 is 5.86. The molecule has 0 fully saturated rings. The minimum absolute atomic E-state index is 0.0389. The number of nitriles is 1. The van der Waals surface area contributed by atoms with E-state index >= 15 is 0 Å². The quantitative estimate of drug-likeness (QED) is 0.626. The normalized spacial score (nSPS) is 9.85. The molecule has 0 N–H and O–H groups in total. The van der Waals surface area contributed by atoms with Gasteiger partial charge in [-0.1, -0.05) is 17.7 Å². The molecule has 0 aliphatic heterocycles. The molecule has 0 atom stereocenters. The molecule has 0 radical (unpaired) electrons. The lowest BCUT2D eigenvalue weighted by Crippen LogP contribution is -1.95. The first-order valence-electron chi connectivity index (χ1n) is 5.64. The molecular formula is C14H9ClN2O3. The molecule has 100 valence electrons. The SMILES string of the molecule is Cc1c(Oc2cc(Cl)ccc2C#N)cccc1[N+](=O)[O-]. The Labute approximate surface area is 120 Å². The highest BCUT2D eigenvalue weighted by atomic mass is 35.5. The van der Waals surface area contributed by atoms with Crippen LogP contribution >= 0.6 is 11.6 Å². The fourth-order valence-corrected chi connectivity index (χ4v) is 1.86. The van der Waals surface area contributed by atoms with Gasteiger partial charge in [-0.15, -0.1) is 0 Å². The van der Waals surface area contributed by atoms with Gasteiger partial charge in [-0.2, -0.15) is 5.26 Å². The number of nitro groups is 1. The lowest BCUT2D eigenvalue weighted by molar-refractivity contribution is -0.385. The predicted molar refractivity (Wildman–Crippen MR) is 74.1 cm³/mol. The molecule has 0 heterocycles. The van der Waals surface area contributed by atoms with Crippen LogP contribution in [-0.2, 0) is 0 Å². The molecule has 0 aliphatic rings. The second-order valence-electron chi connectivity index (χ2n) is 4.01. The standard InChI is InChI=1S/C14H9ClN2O3/c1-9-12(17(18)19)3-2-4-13(9)20-14-7-11(15)6-5-10(14)8-16/h2-7H,1H3. The number of benzene rings is 2. The molecular weight excluding hydrogens is 280 g/mol. The summed E-state index contributed by atoms with van der Waals surface area (Å²) in [6.07, 6.45) is 0. The Balaban J connectivity index is 2.46. The molecule has 0 amide bonds. The predicted octanol–water partition coefficient (Wildman–Crippen LogP) is 4.22. The highest BCUT2D eigenvalue weighted by Crippen LogP contribution is 2.33. The summed E-state index contributed by atoms with van der Waals surface area (Å²) in [5.41, 5.74) is 0.657. The summed E-state index contributed by atoms with van der Waals surface area (Å²) in [6, 6.07) is 11.1. The van der Waals surface area contributed by atoms with Crippen LogP contribution in [0.5, 0.6) is 11.5 Å². The Morgan fingerprint density at radius 2 is 2.05 bits per heavy atom. The number of hydrogen-bond donors (Lipinski definition) is 0. The third-order valence-corrected chi connectivity index (χ3v) is 2.97. The Bertz CT molecular complexity index is 723. The van der Waals surface area contributed by atoms with Gasteiger partial charge in [0, 0.05) is 17.2 Å². The fourth-order valence-electron chi connectivity index (χ4n) is 1.70. The molecule has 2 rings (SSSR count). The van der Waals surface area contributed by atoms with E-state index in [0.29, 0.717) is 21.9 Å². The van der Waals surface area contributed by atoms with Crippen molar-refractivity contribution in [3.05, 3.63) is 62.7 Å². The summed E-state index contributed by atoms with van der Waals surface area (Å²) in [5.74, 6) is 0.585. The lowest BCUT2D eigenvalue weighted by atomic mass is 10.1. The van der Waals surface area contributed by atoms with Crippen molar-refractivity contribution < 1.29 is 9.66 Å². The van der Waals surface area contributed by atoms with Crippen LogP contribution in [0.4, 0.5) is 5.69 Å². The molecule has 0 saturated carbocycles. The Morgan fingerprint density at radius 3 is 2.70 bits per heavy atom. The number of nitrogens with zero attached hydrogens (tertiary/aromatic N) is 2. The van der Waals surface area contributed by atoms with Gasteiger partial charge in [0.25, 0.3) is 5.69 Å². The molecule has 0 aromatic heterocycles. The van der Waals surface area contributed by atoms with Crippen LogP contribution < -0.4 is 4.74 Å². The second kappa shape index (κ2) is 5.59. The van der Waals surface area contributed by atoms with Crippen molar-refractivity contribution in [1.29, 1.82) is 5.26 Å². The summed E-state index contributed by atoms with van der Waals surface area (Å²) in [4.78, 5) is 10.4. The van der Waals surface area contributed by atoms with E-state index in [-0.39, 0.29) is 11.4 Å². The van der Waals surface area contributed by atoms with Crippen molar-refractivity contribution in [1.82, 2.24) is 0 Å². The van der Waals surface area contributed by atoms with Crippen LogP contribution in [0.3, 0.4) is 0 Å². The van der Waals surface area contributed by atoms with Crippen molar-refractivity contribution in [3.8, 4) is 17.6 Å². The molecule has 5 nitrogen and oxygen atoms in total. The molecule has 6 heteroatoms. The average Bonchev–Trinajstić information content (AvgIpc) is 2.41. The summed E-state index contributed by atoms with van der Waals surface area (Å²) < 4.78 is 5.59. The number of halogens is 1. The van der Waals surface area contributed by atoms with Crippen LogP contribution in [0.15, 0.2) is 36.4 Å². The number of hydrogen-bond acceptors (Lipinski definition) is 4. The zero-order valence-electron chi connectivity index (χ0n) is 10.5. The molecule has 2 aromatic carbocycles. The van der Waals surface area contributed by atoms with E-state index in [1.807, 2.05) is 6.07 Å². The zero-order chi connectivity index (χ0) is 14.7. The third kappa shape index (κ3) is 2.71. The van der Waals surface area contributed by atoms with Crippen LogP contribution in [0.2, 0.25) is 5.02 Å². The van der Waals surface area contributed by atoms with Crippen LogP contribution in [-0.4, -0.2) is 4.92 Å². The molecule has 0 aliphatic carbocycles. The lowest BCUT2D eigenvalue weighted by Gasteiger charge is -2.10. The average molecular weight is 289 g/mol. The van der Waals surface area contributed by atoms with Crippen molar-refractivity contribution in [2.75, 3.05) is 0 Å². The third-order valence-electron chi connectivity index (χ3n) is 2.74. The van der Waals surface area contributed by atoms with Gasteiger partial charge in [-0.05, 0) is 25.1 Å². The number of rotatable bonds is 3. The van der Waals surface area contributed by atoms with E-state index in [1.54, 1.807) is 19.1 Å². The second-order valence-corrected chi connectivity index (χ2v) is 4.45. The summed E-state index contributed by atoms with van der Waals surface area (Å²) in [6.45, 7) is 1.59.